The molecule has 0 bridgehead atoms. The predicted octanol–water partition coefficient (Wildman–Crippen LogP) is 2.96. The molecule has 1 fully saturated rings. The molecule has 1 saturated heterocycles. The van der Waals surface area contributed by atoms with Crippen LogP contribution in [0.1, 0.15) is 50.2 Å². The third-order valence-corrected chi connectivity index (χ3v) is 7.02. The monoisotopic (exact) mass is 427 g/mol. The van der Waals surface area contributed by atoms with E-state index in [1.165, 1.54) is 5.56 Å². The minimum absolute atomic E-state index is 0.0936. The fraction of sp³-hybridized carbons (Fsp3) is 0.583. The van der Waals surface area contributed by atoms with Gasteiger partial charge in [-0.3, -0.25) is 9.69 Å². The summed E-state index contributed by atoms with van der Waals surface area (Å²) in [5.74, 6) is 0.751. The molecule has 3 heterocycles. The van der Waals surface area contributed by atoms with E-state index < -0.39 is 17.9 Å². The van der Waals surface area contributed by atoms with E-state index in [2.05, 4.69) is 17.0 Å². The van der Waals surface area contributed by atoms with Gasteiger partial charge in [-0.1, -0.05) is 13.8 Å². The van der Waals surface area contributed by atoms with Crippen molar-refractivity contribution >= 4 is 11.8 Å². The van der Waals surface area contributed by atoms with Gasteiger partial charge in [0, 0.05) is 13.0 Å². The SMILES string of the molecule is COC1=C[C@]23CCCN2CCc2cc4c(cc2[C@@H]3[C@@H]1OC(=O)C(=O)CC(C)C)OCO4. The quantitative estimate of drug-likeness (QED) is 0.528. The number of carbonyl (C=O) groups excluding carboxylic acids is 2. The molecule has 0 amide bonds. The van der Waals surface area contributed by atoms with Crippen LogP contribution in [0.5, 0.6) is 11.5 Å². The first kappa shape index (κ1) is 20.4. The maximum absolute atomic E-state index is 12.7. The zero-order valence-electron chi connectivity index (χ0n) is 18.3. The van der Waals surface area contributed by atoms with Crippen molar-refractivity contribution in [3.63, 3.8) is 0 Å². The molecular weight excluding hydrogens is 398 g/mol. The van der Waals surface area contributed by atoms with Crippen molar-refractivity contribution < 1.29 is 28.5 Å². The van der Waals surface area contributed by atoms with E-state index in [1.54, 1.807) is 7.11 Å². The zero-order chi connectivity index (χ0) is 21.8. The highest BCUT2D eigenvalue weighted by molar-refractivity contribution is 6.33. The second-order valence-corrected chi connectivity index (χ2v) is 9.31. The third kappa shape index (κ3) is 3.21. The Morgan fingerprint density at radius 1 is 1.23 bits per heavy atom. The highest BCUT2D eigenvalue weighted by Gasteiger charge is 2.58. The van der Waals surface area contributed by atoms with E-state index >= 15 is 0 Å². The molecule has 7 heteroatoms. The van der Waals surface area contributed by atoms with Gasteiger partial charge in [0.2, 0.25) is 12.6 Å². The summed E-state index contributed by atoms with van der Waals surface area (Å²) in [6.07, 6.45) is 4.56. The molecule has 3 atom stereocenters. The Labute approximate surface area is 182 Å². The van der Waals surface area contributed by atoms with Crippen LogP contribution < -0.4 is 9.47 Å². The van der Waals surface area contributed by atoms with Crippen LogP contribution in [-0.2, 0) is 25.5 Å². The summed E-state index contributed by atoms with van der Waals surface area (Å²) >= 11 is 0. The molecule has 0 saturated carbocycles. The number of nitrogens with zero attached hydrogens (tertiary/aromatic N) is 1. The topological polar surface area (TPSA) is 74.3 Å². The largest absolute Gasteiger partial charge is 0.497 e. The lowest BCUT2D eigenvalue weighted by Gasteiger charge is -2.39. The van der Waals surface area contributed by atoms with Gasteiger partial charge in [0.15, 0.2) is 17.6 Å². The minimum Gasteiger partial charge on any atom is -0.497 e. The zero-order valence-corrected chi connectivity index (χ0v) is 18.3. The van der Waals surface area contributed by atoms with Crippen molar-refractivity contribution in [2.75, 3.05) is 27.0 Å². The number of hydrogen-bond acceptors (Lipinski definition) is 7. The van der Waals surface area contributed by atoms with Crippen LogP contribution in [0.15, 0.2) is 24.0 Å². The van der Waals surface area contributed by atoms with E-state index in [-0.39, 0.29) is 30.6 Å². The summed E-state index contributed by atoms with van der Waals surface area (Å²) in [4.78, 5) is 27.6. The first-order valence-electron chi connectivity index (χ1n) is 11.1. The molecule has 0 radical (unpaired) electrons. The summed E-state index contributed by atoms with van der Waals surface area (Å²) in [5, 5.41) is 0. The Bertz CT molecular complexity index is 954. The normalized spacial score (nSPS) is 28.5. The van der Waals surface area contributed by atoms with E-state index in [9.17, 15) is 9.59 Å². The van der Waals surface area contributed by atoms with Crippen LogP contribution in [0, 0.1) is 5.92 Å². The average Bonchev–Trinajstić information content (AvgIpc) is 3.41. The van der Waals surface area contributed by atoms with Gasteiger partial charge < -0.3 is 18.9 Å². The Morgan fingerprint density at radius 2 is 2.00 bits per heavy atom. The summed E-state index contributed by atoms with van der Waals surface area (Å²) in [7, 11) is 1.60. The molecule has 5 rings (SSSR count). The number of ketones is 1. The second-order valence-electron chi connectivity index (χ2n) is 9.31. The van der Waals surface area contributed by atoms with Crippen LogP contribution in [0.25, 0.3) is 0 Å². The van der Waals surface area contributed by atoms with Crippen LogP contribution >= 0.6 is 0 Å². The number of fused-ring (bicyclic) bond motifs is 3. The second kappa shape index (κ2) is 7.55. The number of rotatable bonds is 5. The van der Waals surface area contributed by atoms with Gasteiger partial charge in [-0.2, -0.15) is 0 Å². The van der Waals surface area contributed by atoms with Gasteiger partial charge in [-0.05, 0) is 61.1 Å². The standard InChI is InChI=1S/C24H29NO6/c1-14(2)9-17(26)23(27)31-22-20(28-3)12-24-6-4-7-25(24)8-5-15-10-18-19(30-13-29-18)11-16(15)21(22)24/h10-12,14,21-22H,4-9,13H2,1-3H3/t21-,22-,24+/m1/s1. The molecule has 3 aliphatic heterocycles. The fourth-order valence-electron chi connectivity index (χ4n) is 5.73. The average molecular weight is 427 g/mol. The van der Waals surface area contributed by atoms with Crippen molar-refractivity contribution in [2.45, 2.75) is 57.1 Å². The molecule has 1 aromatic carbocycles. The highest BCUT2D eigenvalue weighted by Crippen LogP contribution is 2.55. The van der Waals surface area contributed by atoms with E-state index in [4.69, 9.17) is 18.9 Å². The Kier molecular flexibility index (Phi) is 4.96. The summed E-state index contributed by atoms with van der Waals surface area (Å²) in [6.45, 7) is 5.93. The van der Waals surface area contributed by atoms with Crippen molar-refractivity contribution in [3.8, 4) is 11.5 Å². The van der Waals surface area contributed by atoms with Crippen molar-refractivity contribution in [3.05, 3.63) is 35.1 Å². The molecule has 31 heavy (non-hydrogen) atoms. The summed E-state index contributed by atoms with van der Waals surface area (Å²) in [6, 6.07) is 4.09. The number of hydrogen-bond donors (Lipinski definition) is 0. The molecule has 0 N–H and O–H groups in total. The highest BCUT2D eigenvalue weighted by atomic mass is 16.7. The maximum Gasteiger partial charge on any atom is 0.375 e. The van der Waals surface area contributed by atoms with E-state index in [1.807, 2.05) is 19.9 Å². The van der Waals surface area contributed by atoms with Crippen LogP contribution in [0.4, 0.5) is 0 Å². The van der Waals surface area contributed by atoms with Crippen LogP contribution in [0.3, 0.4) is 0 Å². The molecular formula is C24H29NO6. The number of methoxy groups -OCH3 is 1. The molecule has 7 nitrogen and oxygen atoms in total. The van der Waals surface area contributed by atoms with Gasteiger partial charge in [0.05, 0.1) is 18.6 Å². The van der Waals surface area contributed by atoms with Gasteiger partial charge in [-0.15, -0.1) is 0 Å². The third-order valence-electron chi connectivity index (χ3n) is 7.02. The first-order valence-corrected chi connectivity index (χ1v) is 11.1. The van der Waals surface area contributed by atoms with Crippen molar-refractivity contribution in [1.29, 1.82) is 0 Å². The Balaban J connectivity index is 1.57. The number of ether oxygens (including phenoxy) is 4. The smallest absolute Gasteiger partial charge is 0.375 e. The van der Waals surface area contributed by atoms with Crippen LogP contribution in [-0.4, -0.2) is 55.3 Å². The van der Waals surface area contributed by atoms with E-state index in [0.717, 1.165) is 43.7 Å². The molecule has 1 aromatic rings. The van der Waals surface area contributed by atoms with E-state index in [0.29, 0.717) is 11.5 Å². The predicted molar refractivity (Wildman–Crippen MR) is 112 cm³/mol. The lowest BCUT2D eigenvalue weighted by atomic mass is 9.77. The lowest BCUT2D eigenvalue weighted by Crippen LogP contribution is -2.47. The number of Topliss-reactive ketones (excluding diaryl/α,β-unsaturated/α-hetero) is 1. The first-order chi connectivity index (χ1) is 14.9. The Hall–Kier alpha value is -2.54. The molecule has 0 unspecified atom stereocenters. The minimum atomic E-state index is -0.783. The van der Waals surface area contributed by atoms with Gasteiger partial charge >= 0.3 is 5.97 Å². The van der Waals surface area contributed by atoms with Gasteiger partial charge in [-0.25, -0.2) is 4.79 Å². The van der Waals surface area contributed by atoms with Crippen molar-refractivity contribution in [1.82, 2.24) is 4.90 Å². The number of carbonyl (C=O) groups is 2. The summed E-state index contributed by atoms with van der Waals surface area (Å²) < 4.78 is 22.9. The van der Waals surface area contributed by atoms with Gasteiger partial charge in [0.1, 0.15) is 5.76 Å². The number of esters is 1. The van der Waals surface area contributed by atoms with Gasteiger partial charge in [0.25, 0.3) is 0 Å². The summed E-state index contributed by atoms with van der Waals surface area (Å²) in [5.41, 5.74) is 1.96. The number of benzene rings is 1. The maximum atomic E-state index is 12.7. The van der Waals surface area contributed by atoms with Crippen molar-refractivity contribution in [2.24, 2.45) is 5.92 Å². The van der Waals surface area contributed by atoms with Crippen LogP contribution in [0.2, 0.25) is 0 Å². The molecule has 0 aromatic heterocycles. The molecule has 166 valence electrons. The lowest BCUT2D eigenvalue weighted by molar-refractivity contribution is -0.159. The Morgan fingerprint density at radius 3 is 2.74 bits per heavy atom. The molecule has 1 aliphatic carbocycles. The fourth-order valence-corrected chi connectivity index (χ4v) is 5.73. The molecule has 4 aliphatic rings. The molecule has 1 spiro atoms.